The SMILES string of the molecule is C[N+]1=CC(C[C@@H](NC(=O)C2CC2)C(=O)NC(C)(C)Cc2ccc(F)cc2)=CCC1. The third-order valence-electron chi connectivity index (χ3n) is 5.32. The molecule has 0 unspecified atom stereocenters. The molecule has 1 atom stereocenters. The molecule has 156 valence electrons. The van der Waals surface area contributed by atoms with Crippen LogP contribution in [0.5, 0.6) is 0 Å². The lowest BCUT2D eigenvalue weighted by atomic mass is 9.93. The molecule has 2 N–H and O–H groups in total. The topological polar surface area (TPSA) is 61.2 Å². The van der Waals surface area contributed by atoms with Crippen molar-refractivity contribution in [2.24, 2.45) is 5.92 Å². The number of nitrogens with one attached hydrogen (secondary N) is 2. The van der Waals surface area contributed by atoms with E-state index in [-0.39, 0.29) is 23.5 Å². The first-order chi connectivity index (χ1) is 13.7. The third kappa shape index (κ3) is 6.51. The van der Waals surface area contributed by atoms with Gasteiger partial charge in [-0.25, -0.2) is 8.97 Å². The molecule has 0 spiro atoms. The van der Waals surface area contributed by atoms with E-state index in [0.29, 0.717) is 12.8 Å². The van der Waals surface area contributed by atoms with Crippen LogP contribution in [0.3, 0.4) is 0 Å². The van der Waals surface area contributed by atoms with E-state index in [2.05, 4.69) is 21.3 Å². The van der Waals surface area contributed by atoms with E-state index in [0.717, 1.165) is 36.9 Å². The van der Waals surface area contributed by atoms with Crippen LogP contribution in [0.2, 0.25) is 0 Å². The summed E-state index contributed by atoms with van der Waals surface area (Å²) in [4.78, 5) is 25.4. The van der Waals surface area contributed by atoms with Crippen molar-refractivity contribution in [2.45, 2.75) is 57.5 Å². The van der Waals surface area contributed by atoms with Crippen molar-refractivity contribution in [1.29, 1.82) is 0 Å². The molecule has 3 rings (SSSR count). The Bertz CT molecular complexity index is 823. The van der Waals surface area contributed by atoms with Crippen molar-refractivity contribution < 1.29 is 18.6 Å². The standard InChI is InChI=1S/C23H30FN3O2/c1-23(2,14-16-6-10-19(24)11-7-16)26-22(29)20(25-21(28)18-8-9-18)13-17-5-4-12-27(3)15-17/h5-7,10-11,15,18,20H,4,8-9,12-14H2,1-3H3,(H-,25,26,28,29)/p+1/t20-/m1/s1. The van der Waals surface area contributed by atoms with Gasteiger partial charge in [-0.15, -0.1) is 0 Å². The molecule has 5 nitrogen and oxygen atoms in total. The molecule has 1 heterocycles. The highest BCUT2D eigenvalue weighted by Gasteiger charge is 2.34. The molecule has 6 heteroatoms. The van der Waals surface area contributed by atoms with Crippen LogP contribution in [0.4, 0.5) is 4.39 Å². The van der Waals surface area contributed by atoms with Crippen LogP contribution >= 0.6 is 0 Å². The van der Waals surface area contributed by atoms with Crippen LogP contribution in [0.1, 0.15) is 45.1 Å². The predicted molar refractivity (Wildman–Crippen MR) is 111 cm³/mol. The van der Waals surface area contributed by atoms with Crippen LogP contribution in [-0.4, -0.2) is 47.8 Å². The lowest BCUT2D eigenvalue weighted by Crippen LogP contribution is -2.54. The Hall–Kier alpha value is -2.50. The first-order valence-corrected chi connectivity index (χ1v) is 10.3. The maximum absolute atomic E-state index is 13.2. The highest BCUT2D eigenvalue weighted by atomic mass is 19.1. The van der Waals surface area contributed by atoms with E-state index in [4.69, 9.17) is 0 Å². The Kier molecular flexibility index (Phi) is 6.50. The number of carbonyl (C=O) groups is 2. The Labute approximate surface area is 172 Å². The Balaban J connectivity index is 1.67. The second-order valence-electron chi connectivity index (χ2n) is 8.89. The van der Waals surface area contributed by atoms with Gasteiger partial charge in [-0.3, -0.25) is 9.59 Å². The quantitative estimate of drug-likeness (QED) is 0.659. The minimum Gasteiger partial charge on any atom is -0.349 e. The molecule has 1 saturated carbocycles. The Morgan fingerprint density at radius 1 is 1.24 bits per heavy atom. The van der Waals surface area contributed by atoms with E-state index >= 15 is 0 Å². The molecule has 2 amide bonds. The number of hydrogen-bond acceptors (Lipinski definition) is 2. The lowest BCUT2D eigenvalue weighted by Gasteiger charge is -2.29. The largest absolute Gasteiger partial charge is 0.349 e. The highest BCUT2D eigenvalue weighted by molar-refractivity contribution is 5.91. The second kappa shape index (κ2) is 8.89. The number of carbonyl (C=O) groups excluding carboxylic acids is 2. The number of hydrogen-bond donors (Lipinski definition) is 2. The summed E-state index contributed by atoms with van der Waals surface area (Å²) >= 11 is 0. The maximum atomic E-state index is 13.2. The average Bonchev–Trinajstić information content (AvgIpc) is 3.48. The lowest BCUT2D eigenvalue weighted by molar-refractivity contribution is -0.492. The first kappa shape index (κ1) is 21.2. The summed E-state index contributed by atoms with van der Waals surface area (Å²) in [5.41, 5.74) is 1.48. The van der Waals surface area contributed by atoms with Crippen LogP contribution in [0, 0.1) is 11.7 Å². The van der Waals surface area contributed by atoms with Crippen molar-refractivity contribution in [3.05, 3.63) is 47.3 Å². The number of amides is 2. The molecule has 1 aromatic carbocycles. The van der Waals surface area contributed by atoms with E-state index in [1.165, 1.54) is 12.1 Å². The number of benzene rings is 1. The van der Waals surface area contributed by atoms with Gasteiger partial charge < -0.3 is 10.6 Å². The fraction of sp³-hybridized carbons (Fsp3) is 0.522. The minimum atomic E-state index is -0.607. The van der Waals surface area contributed by atoms with Crippen molar-refractivity contribution >= 4 is 18.0 Å². The summed E-state index contributed by atoms with van der Waals surface area (Å²) < 4.78 is 15.3. The third-order valence-corrected chi connectivity index (χ3v) is 5.32. The molecule has 1 aliphatic heterocycles. The molecule has 1 aliphatic carbocycles. The Morgan fingerprint density at radius 2 is 1.93 bits per heavy atom. The molecule has 2 aliphatic rings. The predicted octanol–water partition coefficient (Wildman–Crippen LogP) is 2.59. The summed E-state index contributed by atoms with van der Waals surface area (Å²) in [5, 5.41) is 6.04. The molecule has 0 bridgehead atoms. The zero-order chi connectivity index (χ0) is 21.0. The zero-order valence-electron chi connectivity index (χ0n) is 17.5. The summed E-state index contributed by atoms with van der Waals surface area (Å²) in [5.74, 6) is -0.454. The van der Waals surface area contributed by atoms with Gasteiger partial charge in [0.2, 0.25) is 11.8 Å². The molecule has 0 radical (unpaired) electrons. The molecular formula is C23H31FN3O2+. The van der Waals surface area contributed by atoms with Gasteiger partial charge in [-0.2, -0.15) is 0 Å². The minimum absolute atomic E-state index is 0.0359. The first-order valence-electron chi connectivity index (χ1n) is 10.3. The van der Waals surface area contributed by atoms with Gasteiger partial charge in [0.1, 0.15) is 25.5 Å². The van der Waals surface area contributed by atoms with Gasteiger partial charge in [0.05, 0.1) is 0 Å². The average molecular weight is 401 g/mol. The summed E-state index contributed by atoms with van der Waals surface area (Å²) in [6.07, 6.45) is 7.94. The van der Waals surface area contributed by atoms with E-state index < -0.39 is 11.6 Å². The highest BCUT2D eigenvalue weighted by Crippen LogP contribution is 2.29. The van der Waals surface area contributed by atoms with E-state index in [9.17, 15) is 14.0 Å². The Morgan fingerprint density at radius 3 is 2.55 bits per heavy atom. The van der Waals surface area contributed by atoms with Gasteiger partial charge in [-0.05, 0) is 50.8 Å². The van der Waals surface area contributed by atoms with Gasteiger partial charge >= 0.3 is 0 Å². The molecule has 29 heavy (non-hydrogen) atoms. The van der Waals surface area contributed by atoms with E-state index in [1.54, 1.807) is 12.1 Å². The monoisotopic (exact) mass is 400 g/mol. The summed E-state index contributed by atoms with van der Waals surface area (Å²) in [6.45, 7) is 4.83. The van der Waals surface area contributed by atoms with Crippen molar-refractivity contribution in [1.82, 2.24) is 10.6 Å². The fourth-order valence-corrected chi connectivity index (χ4v) is 3.65. The van der Waals surface area contributed by atoms with Gasteiger partial charge in [0, 0.05) is 29.9 Å². The van der Waals surface area contributed by atoms with Crippen LogP contribution in [-0.2, 0) is 16.0 Å². The zero-order valence-corrected chi connectivity index (χ0v) is 17.5. The second-order valence-corrected chi connectivity index (χ2v) is 8.89. The number of rotatable bonds is 8. The number of halogens is 1. The smallest absolute Gasteiger partial charge is 0.243 e. The molecule has 1 aromatic rings. The van der Waals surface area contributed by atoms with Crippen molar-refractivity contribution in [3.63, 3.8) is 0 Å². The summed E-state index contributed by atoms with van der Waals surface area (Å²) in [6, 6.07) is 5.70. The van der Waals surface area contributed by atoms with Gasteiger partial charge in [0.25, 0.3) is 0 Å². The fourth-order valence-electron chi connectivity index (χ4n) is 3.65. The van der Waals surface area contributed by atoms with Crippen LogP contribution < -0.4 is 10.6 Å². The van der Waals surface area contributed by atoms with Crippen molar-refractivity contribution in [3.8, 4) is 0 Å². The molecule has 0 aromatic heterocycles. The summed E-state index contributed by atoms with van der Waals surface area (Å²) in [7, 11) is 2.01. The molecular weight excluding hydrogens is 369 g/mol. The number of nitrogens with zero attached hydrogens (tertiary/aromatic N) is 1. The van der Waals surface area contributed by atoms with Gasteiger partial charge in [-0.1, -0.05) is 18.2 Å². The maximum Gasteiger partial charge on any atom is 0.243 e. The normalized spacial score (nSPS) is 17.8. The van der Waals surface area contributed by atoms with E-state index in [1.807, 2.05) is 27.1 Å². The van der Waals surface area contributed by atoms with Gasteiger partial charge in [0.15, 0.2) is 6.21 Å². The molecule has 1 fully saturated rings. The van der Waals surface area contributed by atoms with Crippen LogP contribution in [0.15, 0.2) is 35.9 Å². The van der Waals surface area contributed by atoms with Crippen molar-refractivity contribution in [2.75, 3.05) is 13.6 Å². The van der Waals surface area contributed by atoms with Crippen LogP contribution in [0.25, 0.3) is 0 Å². The molecule has 0 saturated heterocycles.